The van der Waals surface area contributed by atoms with Gasteiger partial charge < -0.3 is 20.1 Å². The van der Waals surface area contributed by atoms with Gasteiger partial charge in [0.25, 0.3) is 0 Å². The van der Waals surface area contributed by atoms with Crippen molar-refractivity contribution in [1.29, 1.82) is 0 Å². The van der Waals surface area contributed by atoms with Gasteiger partial charge >= 0.3 is 19.8 Å². The van der Waals surface area contributed by atoms with E-state index < -0.39 is 26.5 Å². The summed E-state index contributed by atoms with van der Waals surface area (Å²) in [5.74, 6) is -0.832. The largest absolute Gasteiger partial charge is 0.472 e. The zero-order valence-corrected chi connectivity index (χ0v) is 49.4. The number of ether oxygens (including phenoxy) is 2. The lowest BCUT2D eigenvalue weighted by Gasteiger charge is -2.19. The molecule has 75 heavy (non-hydrogen) atoms. The predicted molar refractivity (Wildman–Crippen MR) is 321 cm³/mol. The number of carbonyl (C=O) groups excluding carboxylic acids is 2. The number of hydrogen-bond donors (Lipinski definition) is 2. The first-order chi connectivity index (χ1) is 36.8. The molecule has 0 saturated carbocycles. The lowest BCUT2D eigenvalue weighted by Crippen LogP contribution is -2.29. The predicted octanol–water partition coefficient (Wildman–Crippen LogP) is 19.9. The van der Waals surface area contributed by atoms with Crippen molar-refractivity contribution in [3.63, 3.8) is 0 Å². The molecule has 0 aliphatic carbocycles. The highest BCUT2D eigenvalue weighted by Crippen LogP contribution is 2.43. The Morgan fingerprint density at radius 1 is 0.413 bits per heavy atom. The van der Waals surface area contributed by atoms with Crippen LogP contribution in [0, 0.1) is 0 Å². The second kappa shape index (κ2) is 60.4. The van der Waals surface area contributed by atoms with Crippen molar-refractivity contribution < 1.29 is 37.6 Å². The third-order valence-electron chi connectivity index (χ3n) is 13.3. The first-order valence-electron chi connectivity index (χ1n) is 31.1. The van der Waals surface area contributed by atoms with Gasteiger partial charge in [0.15, 0.2) is 6.10 Å². The van der Waals surface area contributed by atoms with Crippen LogP contribution in [0.2, 0.25) is 0 Å². The van der Waals surface area contributed by atoms with Crippen molar-refractivity contribution in [3.8, 4) is 0 Å². The Kier molecular flexibility index (Phi) is 58.2. The third-order valence-corrected chi connectivity index (χ3v) is 14.2. The number of phosphoric ester groups is 1. The molecule has 2 unspecified atom stereocenters. The van der Waals surface area contributed by atoms with E-state index in [-0.39, 0.29) is 38.6 Å². The molecule has 0 spiro atoms. The fourth-order valence-corrected chi connectivity index (χ4v) is 9.46. The van der Waals surface area contributed by atoms with Crippen LogP contribution in [-0.2, 0) is 32.7 Å². The SMILES string of the molecule is CC/C=C\C/C=C\C/C=C\C/C=C\C/C=C\C/C=C\CCCCCCCCCCC(=O)OC(COC(=O)CCCCCCCCCCCCCCCCC/C=C\CCCCCCCCCC)COP(=O)(O)OCCN. The number of hydrogen-bond acceptors (Lipinski definition) is 8. The Hall–Kier alpha value is -2.81. The number of allylic oxidation sites excluding steroid dienone is 14. The van der Waals surface area contributed by atoms with Gasteiger partial charge in [0.2, 0.25) is 0 Å². The van der Waals surface area contributed by atoms with Crippen LogP contribution in [0.1, 0.15) is 284 Å². The van der Waals surface area contributed by atoms with E-state index in [1.165, 1.54) is 167 Å². The molecular formula is C65H116NO8P. The molecule has 9 nitrogen and oxygen atoms in total. The van der Waals surface area contributed by atoms with E-state index in [1.807, 2.05) is 0 Å². The summed E-state index contributed by atoms with van der Waals surface area (Å²) in [6, 6.07) is 0. The van der Waals surface area contributed by atoms with Crippen LogP contribution in [0.5, 0.6) is 0 Å². The zero-order valence-electron chi connectivity index (χ0n) is 48.5. The third kappa shape index (κ3) is 60.3. The van der Waals surface area contributed by atoms with Crippen molar-refractivity contribution in [1.82, 2.24) is 0 Å². The molecule has 434 valence electrons. The highest BCUT2D eigenvalue weighted by Gasteiger charge is 2.26. The summed E-state index contributed by atoms with van der Waals surface area (Å²) in [4.78, 5) is 35.3. The molecule has 0 bridgehead atoms. The van der Waals surface area contributed by atoms with Crippen LogP contribution in [-0.4, -0.2) is 49.3 Å². The molecule has 3 N–H and O–H groups in total. The molecule has 0 saturated heterocycles. The Morgan fingerprint density at radius 2 is 0.733 bits per heavy atom. The van der Waals surface area contributed by atoms with Crippen molar-refractivity contribution >= 4 is 19.8 Å². The van der Waals surface area contributed by atoms with Crippen LogP contribution in [0.3, 0.4) is 0 Å². The van der Waals surface area contributed by atoms with Gasteiger partial charge in [0.05, 0.1) is 13.2 Å². The van der Waals surface area contributed by atoms with Crippen molar-refractivity contribution in [2.75, 3.05) is 26.4 Å². The Morgan fingerprint density at radius 3 is 1.11 bits per heavy atom. The second-order valence-corrected chi connectivity index (χ2v) is 22.0. The molecule has 0 aromatic carbocycles. The quantitative estimate of drug-likeness (QED) is 0.0264. The summed E-state index contributed by atoms with van der Waals surface area (Å²) in [5.41, 5.74) is 5.39. The van der Waals surface area contributed by atoms with Crippen LogP contribution in [0.4, 0.5) is 0 Å². The van der Waals surface area contributed by atoms with Crippen LogP contribution < -0.4 is 5.73 Å². The summed E-state index contributed by atoms with van der Waals surface area (Å²) in [6.45, 7) is 3.65. The molecule has 0 fully saturated rings. The molecule has 0 aromatic rings. The van der Waals surface area contributed by atoms with Crippen molar-refractivity contribution in [2.45, 2.75) is 290 Å². The number of nitrogens with two attached hydrogens (primary N) is 1. The van der Waals surface area contributed by atoms with Gasteiger partial charge in [0, 0.05) is 19.4 Å². The number of phosphoric acid groups is 1. The Labute approximate surface area is 462 Å². The highest BCUT2D eigenvalue weighted by atomic mass is 31.2. The van der Waals surface area contributed by atoms with Crippen LogP contribution in [0.25, 0.3) is 0 Å². The maximum atomic E-state index is 12.7. The minimum Gasteiger partial charge on any atom is -0.462 e. The van der Waals surface area contributed by atoms with E-state index in [1.54, 1.807) is 0 Å². The molecule has 10 heteroatoms. The molecule has 2 atom stereocenters. The number of esters is 2. The van der Waals surface area contributed by atoms with Crippen LogP contribution >= 0.6 is 7.82 Å². The van der Waals surface area contributed by atoms with Gasteiger partial charge in [-0.1, -0.05) is 266 Å². The molecular weight excluding hydrogens is 954 g/mol. The minimum absolute atomic E-state index is 0.0490. The summed E-state index contributed by atoms with van der Waals surface area (Å²) in [7, 11) is -4.40. The summed E-state index contributed by atoms with van der Waals surface area (Å²) in [6.07, 6.45) is 79.3. The standard InChI is InChI=1S/C65H116NO8P/c1-3-5-7-9-11-13-15-17-19-21-23-25-27-29-31-33-35-37-39-41-43-45-47-49-51-53-55-57-64(67)71-61-63(62-73-75(69,70)72-60-59-66)74-65(68)58-56-54-52-50-48-46-44-42-40-38-36-34-32-30-28-26-24-22-20-18-16-14-12-10-8-6-4-2/h6,8,12,14,18,20-21,23-24,26,30,32,36,38,63H,3-5,7,9-11,13,15-17,19,22,25,27-29,31,33-35,37,39-62,66H2,1-2H3,(H,69,70)/b8-6-,14-12-,20-18-,23-21-,26-24-,32-30-,38-36-. The first-order valence-corrected chi connectivity index (χ1v) is 32.6. The van der Waals surface area contributed by atoms with Crippen LogP contribution in [0.15, 0.2) is 85.1 Å². The van der Waals surface area contributed by atoms with Crippen molar-refractivity contribution in [3.05, 3.63) is 85.1 Å². The summed E-state index contributed by atoms with van der Waals surface area (Å²) < 4.78 is 33.1. The van der Waals surface area contributed by atoms with Gasteiger partial charge in [-0.05, 0) is 89.9 Å². The number of carbonyl (C=O) groups is 2. The monoisotopic (exact) mass is 1070 g/mol. The van der Waals surface area contributed by atoms with Gasteiger partial charge in [-0.25, -0.2) is 4.57 Å². The molecule has 0 aliphatic rings. The van der Waals surface area contributed by atoms with Gasteiger partial charge in [-0.3, -0.25) is 18.6 Å². The van der Waals surface area contributed by atoms with E-state index in [2.05, 4.69) is 98.9 Å². The van der Waals surface area contributed by atoms with E-state index in [9.17, 15) is 19.0 Å². The molecule has 0 amide bonds. The average Bonchev–Trinajstić information content (AvgIpc) is 3.40. The molecule has 0 radical (unpaired) electrons. The fourth-order valence-electron chi connectivity index (χ4n) is 8.69. The first kappa shape index (κ1) is 72.2. The maximum absolute atomic E-state index is 12.7. The van der Waals surface area contributed by atoms with E-state index in [4.69, 9.17) is 24.3 Å². The molecule has 0 rings (SSSR count). The molecule has 0 aromatic heterocycles. The minimum atomic E-state index is -4.40. The Bertz CT molecular complexity index is 1500. The smallest absolute Gasteiger partial charge is 0.462 e. The maximum Gasteiger partial charge on any atom is 0.472 e. The van der Waals surface area contributed by atoms with Gasteiger partial charge in [-0.2, -0.15) is 0 Å². The zero-order chi connectivity index (χ0) is 54.5. The van der Waals surface area contributed by atoms with E-state index in [0.29, 0.717) is 6.42 Å². The average molecular weight is 1070 g/mol. The lowest BCUT2D eigenvalue weighted by atomic mass is 10.0. The van der Waals surface area contributed by atoms with Crippen molar-refractivity contribution in [2.24, 2.45) is 5.73 Å². The molecule has 0 aliphatic heterocycles. The highest BCUT2D eigenvalue weighted by molar-refractivity contribution is 7.47. The number of rotatable bonds is 58. The van der Waals surface area contributed by atoms with Gasteiger partial charge in [-0.15, -0.1) is 0 Å². The lowest BCUT2D eigenvalue weighted by molar-refractivity contribution is -0.161. The summed E-state index contributed by atoms with van der Waals surface area (Å²) in [5, 5.41) is 0. The normalized spacial score (nSPS) is 13.6. The van der Waals surface area contributed by atoms with Gasteiger partial charge in [0.1, 0.15) is 6.61 Å². The topological polar surface area (TPSA) is 134 Å². The summed E-state index contributed by atoms with van der Waals surface area (Å²) >= 11 is 0. The van der Waals surface area contributed by atoms with E-state index in [0.717, 1.165) is 83.5 Å². The fraction of sp³-hybridized carbons (Fsp3) is 0.754. The number of unbranched alkanes of at least 4 members (excludes halogenated alkanes) is 31. The van der Waals surface area contributed by atoms with E-state index >= 15 is 0 Å². The second-order valence-electron chi connectivity index (χ2n) is 20.5. The molecule has 0 heterocycles. The Balaban J connectivity index is 3.97.